The predicted molar refractivity (Wildman–Crippen MR) is 109 cm³/mol. The molecule has 3 aromatic carbocycles. The summed E-state index contributed by atoms with van der Waals surface area (Å²) in [4.78, 5) is 12.9. The van der Waals surface area contributed by atoms with Crippen molar-refractivity contribution in [2.45, 2.75) is 12.8 Å². The van der Waals surface area contributed by atoms with Crippen LogP contribution in [0.3, 0.4) is 0 Å². The molecule has 1 aromatic heterocycles. The first kappa shape index (κ1) is 18.0. The van der Waals surface area contributed by atoms with Crippen molar-refractivity contribution in [3.8, 4) is 5.75 Å². The van der Waals surface area contributed by atoms with Gasteiger partial charge in [-0.25, -0.2) is 0 Å². The van der Waals surface area contributed by atoms with Gasteiger partial charge in [-0.2, -0.15) is 5.10 Å². The van der Waals surface area contributed by atoms with Crippen LogP contribution in [0.25, 0.3) is 21.7 Å². The van der Waals surface area contributed by atoms with Crippen molar-refractivity contribution in [3.63, 3.8) is 0 Å². The Labute approximate surface area is 161 Å². The minimum Gasteiger partial charge on any atom is -0.494 e. The Morgan fingerprint density at radius 1 is 1.04 bits per heavy atom. The SMILES string of the molecule is O=C(Nc1n[nH]c2ccc(OCCCCF)cc12)c1cccc2ccccc12. The third-order valence-corrected chi connectivity index (χ3v) is 4.60. The van der Waals surface area contributed by atoms with Crippen molar-refractivity contribution in [1.29, 1.82) is 0 Å². The van der Waals surface area contributed by atoms with Crippen LogP contribution in [0.5, 0.6) is 5.75 Å². The van der Waals surface area contributed by atoms with Gasteiger partial charge in [-0.05, 0) is 47.9 Å². The molecule has 0 atom stereocenters. The fourth-order valence-electron chi connectivity index (χ4n) is 3.16. The van der Waals surface area contributed by atoms with Crippen LogP contribution in [0.15, 0.2) is 60.7 Å². The molecule has 0 aliphatic rings. The van der Waals surface area contributed by atoms with E-state index in [1.807, 2.05) is 54.6 Å². The Morgan fingerprint density at radius 3 is 2.79 bits per heavy atom. The zero-order valence-corrected chi connectivity index (χ0v) is 15.2. The molecule has 0 saturated heterocycles. The second-order valence-electron chi connectivity index (χ2n) is 6.50. The monoisotopic (exact) mass is 377 g/mol. The van der Waals surface area contributed by atoms with Crippen LogP contribution in [0, 0.1) is 0 Å². The highest BCUT2D eigenvalue weighted by atomic mass is 19.1. The number of unbranched alkanes of at least 4 members (excludes halogenated alkanes) is 1. The lowest BCUT2D eigenvalue weighted by atomic mass is 10.0. The fraction of sp³-hybridized carbons (Fsp3) is 0.182. The first-order valence-corrected chi connectivity index (χ1v) is 9.22. The maximum atomic E-state index is 12.9. The number of alkyl halides is 1. The smallest absolute Gasteiger partial charge is 0.257 e. The van der Waals surface area contributed by atoms with E-state index in [9.17, 15) is 9.18 Å². The quantitative estimate of drug-likeness (QED) is 0.441. The van der Waals surface area contributed by atoms with E-state index < -0.39 is 0 Å². The summed E-state index contributed by atoms with van der Waals surface area (Å²) in [5.74, 6) is 0.884. The molecule has 4 rings (SSSR count). The summed E-state index contributed by atoms with van der Waals surface area (Å²) < 4.78 is 17.9. The Bertz CT molecular complexity index is 1120. The number of carbonyl (C=O) groups is 1. The van der Waals surface area contributed by atoms with Gasteiger partial charge in [0.1, 0.15) is 5.75 Å². The predicted octanol–water partition coefficient (Wildman–Crippen LogP) is 5.10. The van der Waals surface area contributed by atoms with Gasteiger partial charge in [0.05, 0.1) is 18.8 Å². The van der Waals surface area contributed by atoms with Crippen LogP contribution in [0.4, 0.5) is 10.2 Å². The Balaban J connectivity index is 1.57. The standard InChI is InChI=1S/C22H20FN3O2/c23-12-3-4-13-28-16-10-11-20-19(14-16)21(26-25-20)24-22(27)18-9-5-7-15-6-1-2-8-17(15)18/h1-2,5-11,14H,3-4,12-13H2,(H2,24,25,26,27). The van der Waals surface area contributed by atoms with E-state index in [0.717, 1.165) is 21.7 Å². The number of nitrogens with one attached hydrogen (secondary N) is 2. The molecule has 1 heterocycles. The van der Waals surface area contributed by atoms with Gasteiger partial charge in [0.15, 0.2) is 5.82 Å². The summed E-state index contributed by atoms with van der Waals surface area (Å²) in [7, 11) is 0. The number of aromatic nitrogens is 2. The van der Waals surface area contributed by atoms with Crippen molar-refractivity contribution >= 4 is 33.4 Å². The van der Waals surface area contributed by atoms with Crippen molar-refractivity contribution in [2.75, 3.05) is 18.6 Å². The second-order valence-corrected chi connectivity index (χ2v) is 6.50. The molecule has 142 valence electrons. The zero-order chi connectivity index (χ0) is 19.3. The summed E-state index contributed by atoms with van der Waals surface area (Å²) >= 11 is 0. The Kier molecular flexibility index (Phi) is 5.19. The number of fused-ring (bicyclic) bond motifs is 2. The van der Waals surface area contributed by atoms with Crippen molar-refractivity contribution in [1.82, 2.24) is 10.2 Å². The minimum atomic E-state index is -0.339. The van der Waals surface area contributed by atoms with E-state index in [2.05, 4.69) is 15.5 Å². The number of rotatable bonds is 7. The summed E-state index contributed by atoms with van der Waals surface area (Å²) in [6.45, 7) is 0.111. The van der Waals surface area contributed by atoms with Gasteiger partial charge in [-0.3, -0.25) is 14.3 Å². The molecule has 4 aromatic rings. The van der Waals surface area contributed by atoms with Crippen molar-refractivity contribution < 1.29 is 13.9 Å². The van der Waals surface area contributed by atoms with E-state index in [1.54, 1.807) is 6.07 Å². The van der Waals surface area contributed by atoms with Crippen LogP contribution in [0.2, 0.25) is 0 Å². The number of hydrogen-bond acceptors (Lipinski definition) is 3. The number of halogens is 1. The highest BCUT2D eigenvalue weighted by Crippen LogP contribution is 2.27. The third kappa shape index (κ3) is 3.67. The fourth-order valence-corrected chi connectivity index (χ4v) is 3.16. The van der Waals surface area contributed by atoms with Gasteiger partial charge in [-0.15, -0.1) is 0 Å². The molecular formula is C22H20FN3O2. The first-order chi connectivity index (χ1) is 13.8. The van der Waals surface area contributed by atoms with Gasteiger partial charge in [-0.1, -0.05) is 36.4 Å². The number of amides is 1. The number of anilines is 1. The van der Waals surface area contributed by atoms with Gasteiger partial charge in [0.25, 0.3) is 5.91 Å². The maximum absolute atomic E-state index is 12.9. The summed E-state index contributed by atoms with van der Waals surface area (Å²) in [6, 6.07) is 18.9. The van der Waals surface area contributed by atoms with Gasteiger partial charge in [0.2, 0.25) is 0 Å². The van der Waals surface area contributed by atoms with Crippen LogP contribution in [-0.2, 0) is 0 Å². The molecule has 0 spiro atoms. The number of hydrogen-bond donors (Lipinski definition) is 2. The molecular weight excluding hydrogens is 357 g/mol. The summed E-state index contributed by atoms with van der Waals surface area (Å²) in [5.41, 5.74) is 1.39. The van der Waals surface area contributed by atoms with Crippen LogP contribution in [0.1, 0.15) is 23.2 Å². The molecule has 0 unspecified atom stereocenters. The zero-order valence-electron chi connectivity index (χ0n) is 15.2. The molecule has 0 fully saturated rings. The topological polar surface area (TPSA) is 67.0 Å². The number of aromatic amines is 1. The molecule has 0 aliphatic carbocycles. The van der Waals surface area contributed by atoms with E-state index in [0.29, 0.717) is 36.6 Å². The third-order valence-electron chi connectivity index (χ3n) is 4.60. The number of H-pyrrole nitrogens is 1. The lowest BCUT2D eigenvalue weighted by molar-refractivity contribution is 0.102. The molecule has 2 N–H and O–H groups in total. The van der Waals surface area contributed by atoms with E-state index in [1.165, 1.54) is 0 Å². The van der Waals surface area contributed by atoms with Gasteiger partial charge in [0, 0.05) is 10.9 Å². The molecule has 0 aliphatic heterocycles. The molecule has 0 radical (unpaired) electrons. The van der Waals surface area contributed by atoms with Gasteiger partial charge >= 0.3 is 0 Å². The lowest BCUT2D eigenvalue weighted by Gasteiger charge is -2.08. The molecule has 0 bridgehead atoms. The van der Waals surface area contributed by atoms with Crippen LogP contribution in [-0.4, -0.2) is 29.4 Å². The molecule has 6 heteroatoms. The van der Waals surface area contributed by atoms with Crippen LogP contribution < -0.4 is 10.1 Å². The number of nitrogens with zero attached hydrogens (tertiary/aromatic N) is 1. The van der Waals surface area contributed by atoms with Crippen molar-refractivity contribution in [3.05, 3.63) is 66.2 Å². The van der Waals surface area contributed by atoms with E-state index in [-0.39, 0.29) is 12.6 Å². The molecule has 28 heavy (non-hydrogen) atoms. The Hall–Kier alpha value is -3.41. The number of carbonyl (C=O) groups excluding carboxylic acids is 1. The highest BCUT2D eigenvalue weighted by molar-refractivity contribution is 6.14. The van der Waals surface area contributed by atoms with E-state index in [4.69, 9.17) is 4.74 Å². The Morgan fingerprint density at radius 2 is 1.89 bits per heavy atom. The summed E-state index contributed by atoms with van der Waals surface area (Å²) in [5, 5.41) is 12.7. The normalized spacial score (nSPS) is 11.0. The molecule has 1 amide bonds. The number of benzene rings is 3. The molecule has 5 nitrogen and oxygen atoms in total. The van der Waals surface area contributed by atoms with Gasteiger partial charge < -0.3 is 10.1 Å². The molecule has 0 saturated carbocycles. The highest BCUT2D eigenvalue weighted by Gasteiger charge is 2.14. The first-order valence-electron chi connectivity index (χ1n) is 9.22. The maximum Gasteiger partial charge on any atom is 0.257 e. The summed E-state index contributed by atoms with van der Waals surface area (Å²) in [6.07, 6.45) is 1.14. The largest absolute Gasteiger partial charge is 0.494 e. The number of ether oxygens (including phenoxy) is 1. The lowest BCUT2D eigenvalue weighted by Crippen LogP contribution is -2.12. The second kappa shape index (κ2) is 8.08. The minimum absolute atomic E-state index is 0.223. The van der Waals surface area contributed by atoms with Crippen LogP contribution >= 0.6 is 0 Å². The average Bonchev–Trinajstić information content (AvgIpc) is 3.13. The van der Waals surface area contributed by atoms with Crippen molar-refractivity contribution in [2.24, 2.45) is 0 Å². The van der Waals surface area contributed by atoms with E-state index >= 15 is 0 Å². The average molecular weight is 377 g/mol.